The Morgan fingerprint density at radius 2 is 1.72 bits per heavy atom. The van der Waals surface area contributed by atoms with Gasteiger partial charge in [0.25, 0.3) is 0 Å². The van der Waals surface area contributed by atoms with E-state index < -0.39 is 0 Å². The second kappa shape index (κ2) is 11.4. The standard InChI is InChI=1S/C15H31NO2/c1-5-7-12-16(15(17)18-6-2)13-10-8-9-11-14(3)4/h14H,5-13H2,1-4H3. The van der Waals surface area contributed by atoms with E-state index in [1.165, 1.54) is 19.3 Å². The summed E-state index contributed by atoms with van der Waals surface area (Å²) < 4.78 is 5.08. The van der Waals surface area contributed by atoms with Crippen LogP contribution in [0.4, 0.5) is 4.79 Å². The minimum atomic E-state index is -0.144. The summed E-state index contributed by atoms with van der Waals surface area (Å²) in [4.78, 5) is 13.6. The maximum atomic E-state index is 11.7. The average molecular weight is 257 g/mol. The van der Waals surface area contributed by atoms with Gasteiger partial charge in [-0.05, 0) is 25.7 Å². The van der Waals surface area contributed by atoms with Gasteiger partial charge in [0.15, 0.2) is 0 Å². The van der Waals surface area contributed by atoms with Crippen molar-refractivity contribution in [2.24, 2.45) is 5.92 Å². The van der Waals surface area contributed by atoms with Crippen molar-refractivity contribution in [1.82, 2.24) is 4.90 Å². The van der Waals surface area contributed by atoms with Gasteiger partial charge in [-0.1, -0.05) is 46.5 Å². The molecule has 0 spiro atoms. The second-order valence-electron chi connectivity index (χ2n) is 5.28. The zero-order valence-corrected chi connectivity index (χ0v) is 12.7. The van der Waals surface area contributed by atoms with Crippen molar-refractivity contribution in [3.63, 3.8) is 0 Å². The Kier molecular flexibility index (Phi) is 10.9. The molecule has 18 heavy (non-hydrogen) atoms. The minimum Gasteiger partial charge on any atom is -0.450 e. The van der Waals surface area contributed by atoms with Crippen LogP contribution in [0.25, 0.3) is 0 Å². The zero-order chi connectivity index (χ0) is 13.8. The van der Waals surface area contributed by atoms with Gasteiger partial charge in [-0.2, -0.15) is 0 Å². The molecule has 0 fully saturated rings. The summed E-state index contributed by atoms with van der Waals surface area (Å²) in [6, 6.07) is 0. The molecular formula is C15H31NO2. The smallest absolute Gasteiger partial charge is 0.409 e. The second-order valence-corrected chi connectivity index (χ2v) is 5.28. The molecular weight excluding hydrogens is 226 g/mol. The molecule has 0 radical (unpaired) electrons. The Hall–Kier alpha value is -0.730. The van der Waals surface area contributed by atoms with Crippen molar-refractivity contribution in [3.05, 3.63) is 0 Å². The highest BCUT2D eigenvalue weighted by Gasteiger charge is 2.12. The Balaban J connectivity index is 3.82. The predicted octanol–water partition coefficient (Wildman–Crippen LogP) is 4.46. The van der Waals surface area contributed by atoms with E-state index in [0.717, 1.165) is 38.3 Å². The van der Waals surface area contributed by atoms with Crippen LogP contribution in [0.2, 0.25) is 0 Å². The molecule has 0 aromatic carbocycles. The lowest BCUT2D eigenvalue weighted by Gasteiger charge is -2.21. The predicted molar refractivity (Wildman–Crippen MR) is 76.8 cm³/mol. The molecule has 3 heteroatoms. The van der Waals surface area contributed by atoms with Crippen LogP contribution < -0.4 is 0 Å². The van der Waals surface area contributed by atoms with Crippen LogP contribution in [-0.2, 0) is 4.74 Å². The molecule has 0 unspecified atom stereocenters. The summed E-state index contributed by atoms with van der Waals surface area (Å²) in [5.41, 5.74) is 0. The van der Waals surface area contributed by atoms with Gasteiger partial charge in [0, 0.05) is 13.1 Å². The number of ether oxygens (including phenoxy) is 1. The van der Waals surface area contributed by atoms with Gasteiger partial charge in [0.05, 0.1) is 6.61 Å². The lowest BCUT2D eigenvalue weighted by molar-refractivity contribution is 0.106. The van der Waals surface area contributed by atoms with Crippen LogP contribution in [0.1, 0.15) is 66.2 Å². The number of hydrogen-bond donors (Lipinski definition) is 0. The highest BCUT2D eigenvalue weighted by atomic mass is 16.6. The number of nitrogens with zero attached hydrogens (tertiary/aromatic N) is 1. The first-order chi connectivity index (χ1) is 8.61. The van der Waals surface area contributed by atoms with Crippen LogP contribution in [0, 0.1) is 5.92 Å². The lowest BCUT2D eigenvalue weighted by atomic mass is 10.1. The fourth-order valence-electron chi connectivity index (χ4n) is 1.89. The average Bonchev–Trinajstić information content (AvgIpc) is 2.32. The molecule has 0 saturated carbocycles. The summed E-state index contributed by atoms with van der Waals surface area (Å²) in [7, 11) is 0. The number of amides is 1. The van der Waals surface area contributed by atoms with E-state index in [-0.39, 0.29) is 6.09 Å². The van der Waals surface area contributed by atoms with Gasteiger partial charge in [-0.25, -0.2) is 4.79 Å². The van der Waals surface area contributed by atoms with Crippen molar-refractivity contribution in [3.8, 4) is 0 Å². The number of carbonyl (C=O) groups is 1. The van der Waals surface area contributed by atoms with Crippen LogP contribution in [0.5, 0.6) is 0 Å². The Bertz CT molecular complexity index is 205. The van der Waals surface area contributed by atoms with Crippen LogP contribution in [0.15, 0.2) is 0 Å². The Morgan fingerprint density at radius 3 is 2.28 bits per heavy atom. The first-order valence-corrected chi connectivity index (χ1v) is 7.53. The first kappa shape index (κ1) is 17.3. The highest BCUT2D eigenvalue weighted by Crippen LogP contribution is 2.09. The van der Waals surface area contributed by atoms with E-state index in [2.05, 4.69) is 20.8 Å². The quantitative estimate of drug-likeness (QED) is 0.541. The first-order valence-electron chi connectivity index (χ1n) is 7.53. The van der Waals surface area contributed by atoms with E-state index in [0.29, 0.717) is 6.61 Å². The molecule has 0 atom stereocenters. The molecule has 0 aromatic heterocycles. The number of unbranched alkanes of at least 4 members (excludes halogenated alkanes) is 3. The van der Waals surface area contributed by atoms with Crippen LogP contribution in [-0.4, -0.2) is 30.7 Å². The van der Waals surface area contributed by atoms with E-state index in [9.17, 15) is 4.79 Å². The molecule has 0 bridgehead atoms. The maximum Gasteiger partial charge on any atom is 0.409 e. The van der Waals surface area contributed by atoms with E-state index in [1.807, 2.05) is 11.8 Å². The molecule has 0 aromatic rings. The van der Waals surface area contributed by atoms with E-state index >= 15 is 0 Å². The monoisotopic (exact) mass is 257 g/mol. The fraction of sp³-hybridized carbons (Fsp3) is 0.933. The molecule has 3 nitrogen and oxygen atoms in total. The third-order valence-electron chi connectivity index (χ3n) is 3.02. The van der Waals surface area contributed by atoms with Gasteiger partial charge < -0.3 is 9.64 Å². The van der Waals surface area contributed by atoms with Gasteiger partial charge in [0.2, 0.25) is 0 Å². The third-order valence-corrected chi connectivity index (χ3v) is 3.02. The lowest BCUT2D eigenvalue weighted by Crippen LogP contribution is -2.33. The molecule has 108 valence electrons. The van der Waals surface area contributed by atoms with Gasteiger partial charge in [0.1, 0.15) is 0 Å². The molecule has 0 N–H and O–H groups in total. The number of carbonyl (C=O) groups excluding carboxylic acids is 1. The van der Waals surface area contributed by atoms with Crippen molar-refractivity contribution < 1.29 is 9.53 Å². The van der Waals surface area contributed by atoms with Crippen molar-refractivity contribution in [1.29, 1.82) is 0 Å². The number of hydrogen-bond acceptors (Lipinski definition) is 2. The normalized spacial score (nSPS) is 10.7. The van der Waals surface area contributed by atoms with Crippen LogP contribution >= 0.6 is 0 Å². The number of rotatable bonds is 10. The molecule has 0 heterocycles. The third kappa shape index (κ3) is 9.32. The largest absolute Gasteiger partial charge is 0.450 e. The molecule has 1 amide bonds. The summed E-state index contributed by atoms with van der Waals surface area (Å²) in [5, 5.41) is 0. The topological polar surface area (TPSA) is 29.5 Å². The zero-order valence-electron chi connectivity index (χ0n) is 12.7. The Labute approximate surface area is 113 Å². The van der Waals surface area contributed by atoms with Crippen molar-refractivity contribution >= 4 is 6.09 Å². The van der Waals surface area contributed by atoms with Crippen LogP contribution in [0.3, 0.4) is 0 Å². The van der Waals surface area contributed by atoms with E-state index in [4.69, 9.17) is 4.74 Å². The summed E-state index contributed by atoms with van der Waals surface area (Å²) in [6.07, 6.45) is 6.88. The summed E-state index contributed by atoms with van der Waals surface area (Å²) >= 11 is 0. The van der Waals surface area contributed by atoms with Gasteiger partial charge in [-0.3, -0.25) is 0 Å². The summed E-state index contributed by atoms with van der Waals surface area (Å²) in [6.45, 7) is 10.7. The van der Waals surface area contributed by atoms with E-state index in [1.54, 1.807) is 0 Å². The Morgan fingerprint density at radius 1 is 1.06 bits per heavy atom. The SMILES string of the molecule is CCCCN(CCCCCC(C)C)C(=O)OCC. The highest BCUT2D eigenvalue weighted by molar-refractivity contribution is 5.67. The molecule has 0 saturated heterocycles. The summed E-state index contributed by atoms with van der Waals surface area (Å²) in [5.74, 6) is 0.784. The molecule has 0 aliphatic rings. The fourth-order valence-corrected chi connectivity index (χ4v) is 1.89. The van der Waals surface area contributed by atoms with Crippen molar-refractivity contribution in [2.45, 2.75) is 66.2 Å². The molecule has 0 rings (SSSR count). The maximum absolute atomic E-state index is 11.7. The minimum absolute atomic E-state index is 0.144. The van der Waals surface area contributed by atoms with Crippen molar-refractivity contribution in [2.75, 3.05) is 19.7 Å². The van der Waals surface area contributed by atoms with Gasteiger partial charge >= 0.3 is 6.09 Å². The molecule has 0 aliphatic carbocycles. The van der Waals surface area contributed by atoms with Gasteiger partial charge in [-0.15, -0.1) is 0 Å². The molecule has 0 aliphatic heterocycles.